The summed E-state index contributed by atoms with van der Waals surface area (Å²) in [5, 5.41) is 12.6. The highest BCUT2D eigenvalue weighted by molar-refractivity contribution is 7.99. The topological polar surface area (TPSA) is 58.9 Å². The number of aliphatic hydroxyl groups is 1. The average molecular weight is 418 g/mol. The quantitative estimate of drug-likeness (QED) is 0.158. The minimum atomic E-state index is -0.120. The van der Waals surface area contributed by atoms with Gasteiger partial charge in [-0.15, -0.1) is 11.8 Å². The molecule has 4 nitrogen and oxygen atoms in total. The fourth-order valence-electron chi connectivity index (χ4n) is 2.41. The minimum absolute atomic E-state index is 0.120. The Balaban J connectivity index is 1.87. The normalized spacial score (nSPS) is 11.5. The van der Waals surface area contributed by atoms with Gasteiger partial charge in [-0.3, -0.25) is 4.79 Å². The van der Waals surface area contributed by atoms with Crippen molar-refractivity contribution in [2.75, 3.05) is 19.0 Å². The predicted octanol–water partition coefficient (Wildman–Crippen LogP) is 5.69. The van der Waals surface area contributed by atoms with E-state index in [-0.39, 0.29) is 12.4 Å². The van der Waals surface area contributed by atoms with Crippen molar-refractivity contribution in [3.8, 4) is 0 Å². The molecule has 0 unspecified atom stereocenters. The lowest BCUT2D eigenvalue weighted by Crippen LogP contribution is -2.11. The molecule has 0 amide bonds. The monoisotopic (exact) mass is 417 g/mol. The van der Waals surface area contributed by atoms with E-state index >= 15 is 0 Å². The van der Waals surface area contributed by atoms with E-state index < -0.39 is 0 Å². The summed E-state index contributed by atoms with van der Waals surface area (Å²) in [6, 6.07) is 16.1. The van der Waals surface area contributed by atoms with Crippen molar-refractivity contribution in [1.82, 2.24) is 0 Å². The van der Waals surface area contributed by atoms with E-state index in [1.54, 1.807) is 18.7 Å². The average Bonchev–Trinajstić information content (AvgIpc) is 2.73. The number of thioether (sulfide) groups is 1. The van der Waals surface area contributed by atoms with Crippen molar-refractivity contribution in [3.63, 3.8) is 0 Å². The van der Waals surface area contributed by atoms with Crippen molar-refractivity contribution in [2.24, 2.45) is 5.16 Å². The Kier molecular flexibility index (Phi) is 10.2. The lowest BCUT2D eigenvalue weighted by Gasteiger charge is -2.06. The largest absolute Gasteiger partial charge is 0.396 e. The van der Waals surface area contributed by atoms with Crippen LogP contribution in [0.1, 0.15) is 43.5 Å². The summed E-state index contributed by atoms with van der Waals surface area (Å²) in [5.41, 5.74) is 0.963. The highest BCUT2D eigenvalue weighted by atomic mass is 32.2. The number of ketones is 1. The Morgan fingerprint density at radius 1 is 0.964 bits per heavy atom. The maximum absolute atomic E-state index is 12.3. The lowest BCUT2D eigenvalue weighted by molar-refractivity contribution is 0.105. The van der Waals surface area contributed by atoms with Crippen LogP contribution < -0.4 is 0 Å². The summed E-state index contributed by atoms with van der Waals surface area (Å²) < 4.78 is 0. The van der Waals surface area contributed by atoms with E-state index in [0.717, 1.165) is 34.8 Å². The van der Waals surface area contributed by atoms with Gasteiger partial charge in [0.1, 0.15) is 12.3 Å². The summed E-state index contributed by atoms with van der Waals surface area (Å²) in [4.78, 5) is 20.7. The zero-order valence-corrected chi connectivity index (χ0v) is 18.0. The summed E-state index contributed by atoms with van der Waals surface area (Å²) in [6.07, 6.45) is 3.09. The molecule has 0 fully saturated rings. The Morgan fingerprint density at radius 3 is 2.18 bits per heavy atom. The van der Waals surface area contributed by atoms with Crippen LogP contribution in [0.5, 0.6) is 0 Å². The molecule has 0 saturated carbocycles. The Morgan fingerprint density at radius 2 is 1.57 bits per heavy atom. The first kappa shape index (κ1) is 22.5. The van der Waals surface area contributed by atoms with Crippen molar-refractivity contribution in [1.29, 1.82) is 0 Å². The Labute approximate surface area is 175 Å². The molecule has 0 aliphatic heterocycles. The van der Waals surface area contributed by atoms with Crippen LogP contribution in [0.25, 0.3) is 0 Å². The van der Waals surface area contributed by atoms with Gasteiger partial charge in [-0.1, -0.05) is 23.3 Å². The predicted molar refractivity (Wildman–Crippen MR) is 118 cm³/mol. The molecule has 0 bridgehead atoms. The van der Waals surface area contributed by atoms with Crippen LogP contribution in [0.2, 0.25) is 0 Å². The minimum Gasteiger partial charge on any atom is -0.396 e. The summed E-state index contributed by atoms with van der Waals surface area (Å²) in [6.45, 7) is 4.22. The maximum Gasteiger partial charge on any atom is 0.210 e. The van der Waals surface area contributed by atoms with E-state index in [2.05, 4.69) is 29.4 Å². The maximum atomic E-state index is 12.3. The van der Waals surface area contributed by atoms with Gasteiger partial charge in [0.2, 0.25) is 5.78 Å². The summed E-state index contributed by atoms with van der Waals surface area (Å²) in [5.74, 6) is 0.957. The number of Topliss-reactive ketones (excluding diaryl/α,β-unsaturated/α-hetero) is 1. The number of rotatable bonds is 12. The third-order valence-corrected chi connectivity index (χ3v) is 6.02. The molecule has 2 aromatic rings. The summed E-state index contributed by atoms with van der Waals surface area (Å²) >= 11 is 3.52. The molecule has 0 aromatic heterocycles. The molecule has 0 aliphatic carbocycles. The molecule has 0 atom stereocenters. The fourth-order valence-corrected chi connectivity index (χ4v) is 4.14. The second-order valence-electron chi connectivity index (χ2n) is 6.15. The van der Waals surface area contributed by atoms with Gasteiger partial charge < -0.3 is 9.94 Å². The zero-order valence-electron chi connectivity index (χ0n) is 16.4. The van der Waals surface area contributed by atoms with E-state index in [1.807, 2.05) is 43.0 Å². The van der Waals surface area contributed by atoms with Crippen LogP contribution in [0, 0.1) is 0 Å². The van der Waals surface area contributed by atoms with Gasteiger partial charge in [0, 0.05) is 26.9 Å². The Bertz CT molecular complexity index is 758. The number of carbonyl (C=O) groups excluding carboxylic acids is 1. The standard InChI is InChI=1S/C22H27NO3S2/c1-3-26-23-17(2)22(25)18-7-9-20(10-8-18)28-21-13-11-19(12-14-21)27-16-6-4-5-15-24/h7-14,24H,3-6,15-16H2,1-2H3/b23-17+. The molecule has 0 saturated heterocycles. The van der Waals surface area contributed by atoms with E-state index in [4.69, 9.17) is 9.94 Å². The number of benzene rings is 2. The van der Waals surface area contributed by atoms with Gasteiger partial charge in [-0.25, -0.2) is 0 Å². The van der Waals surface area contributed by atoms with Gasteiger partial charge in [0.05, 0.1) is 0 Å². The van der Waals surface area contributed by atoms with Gasteiger partial charge in [0.15, 0.2) is 0 Å². The summed E-state index contributed by atoms with van der Waals surface area (Å²) in [7, 11) is 0. The molecule has 0 heterocycles. The van der Waals surface area contributed by atoms with Crippen LogP contribution in [0.15, 0.2) is 68.4 Å². The highest BCUT2D eigenvalue weighted by Crippen LogP contribution is 2.30. The number of oxime groups is 1. The molecule has 0 spiro atoms. The first-order chi connectivity index (χ1) is 13.6. The second kappa shape index (κ2) is 12.6. The molecule has 150 valence electrons. The molecule has 0 aliphatic rings. The number of hydrogen-bond donors (Lipinski definition) is 1. The van der Waals surface area contributed by atoms with E-state index in [0.29, 0.717) is 17.9 Å². The number of nitrogens with zero attached hydrogens (tertiary/aromatic N) is 1. The molecule has 6 heteroatoms. The molecular weight excluding hydrogens is 390 g/mol. The lowest BCUT2D eigenvalue weighted by atomic mass is 10.1. The molecule has 1 N–H and O–H groups in total. The van der Waals surface area contributed by atoms with Crippen molar-refractivity contribution < 1.29 is 14.7 Å². The third-order valence-electron chi connectivity index (χ3n) is 3.91. The number of aliphatic hydroxyl groups excluding tert-OH is 1. The number of hydrogen-bond acceptors (Lipinski definition) is 6. The van der Waals surface area contributed by atoms with Crippen LogP contribution in [-0.4, -0.2) is 35.6 Å². The van der Waals surface area contributed by atoms with Gasteiger partial charge in [0.25, 0.3) is 0 Å². The zero-order chi connectivity index (χ0) is 20.2. The van der Waals surface area contributed by atoms with Crippen LogP contribution >= 0.6 is 23.5 Å². The Hall–Kier alpha value is -1.76. The highest BCUT2D eigenvalue weighted by Gasteiger charge is 2.10. The first-order valence-electron chi connectivity index (χ1n) is 9.47. The smallest absolute Gasteiger partial charge is 0.210 e. The van der Waals surface area contributed by atoms with E-state index in [9.17, 15) is 4.79 Å². The second-order valence-corrected chi connectivity index (χ2v) is 8.47. The molecule has 28 heavy (non-hydrogen) atoms. The molecule has 2 aromatic carbocycles. The number of unbranched alkanes of at least 4 members (excludes halogenated alkanes) is 2. The first-order valence-corrected chi connectivity index (χ1v) is 11.3. The molecule has 2 rings (SSSR count). The SMILES string of the molecule is CCO/N=C(\C)C(=O)c1ccc(Sc2ccc(SCCCCCO)cc2)cc1. The van der Waals surface area contributed by atoms with E-state index in [1.165, 1.54) is 4.90 Å². The molecular formula is C22H27NO3S2. The molecule has 0 radical (unpaired) electrons. The van der Waals surface area contributed by atoms with Crippen molar-refractivity contribution >= 4 is 35.0 Å². The van der Waals surface area contributed by atoms with Crippen LogP contribution in [0.3, 0.4) is 0 Å². The van der Waals surface area contributed by atoms with Gasteiger partial charge in [-0.05, 0) is 81.0 Å². The van der Waals surface area contributed by atoms with Crippen molar-refractivity contribution in [2.45, 2.75) is 47.8 Å². The van der Waals surface area contributed by atoms with Gasteiger partial charge in [-0.2, -0.15) is 0 Å². The third kappa shape index (κ3) is 7.70. The number of carbonyl (C=O) groups is 1. The fraction of sp³-hybridized carbons (Fsp3) is 0.364. The van der Waals surface area contributed by atoms with Crippen LogP contribution in [-0.2, 0) is 4.84 Å². The van der Waals surface area contributed by atoms with Crippen LogP contribution in [0.4, 0.5) is 0 Å². The van der Waals surface area contributed by atoms with Gasteiger partial charge >= 0.3 is 0 Å². The van der Waals surface area contributed by atoms with Crippen molar-refractivity contribution in [3.05, 3.63) is 54.1 Å².